The van der Waals surface area contributed by atoms with Gasteiger partial charge in [-0.15, -0.1) is 16.7 Å². The number of alkyl halides is 1. The molecule has 0 saturated carbocycles. The van der Waals surface area contributed by atoms with Crippen LogP contribution in [0.2, 0.25) is 0 Å². The second-order valence-corrected chi connectivity index (χ2v) is 4.44. The Hall–Kier alpha value is -2.33. The molecule has 3 aromatic rings. The first-order chi connectivity index (χ1) is 9.86. The molecule has 0 aliphatic carbocycles. The molecule has 0 atom stereocenters. The summed E-state index contributed by atoms with van der Waals surface area (Å²) in [5.41, 5.74) is 3.09. The number of halogens is 1. The maximum atomic E-state index is 5.65. The second kappa shape index (κ2) is 5.75. The van der Waals surface area contributed by atoms with Crippen LogP contribution in [0.5, 0.6) is 0 Å². The molecule has 0 amide bonds. The molecule has 0 aliphatic heterocycles. The van der Waals surface area contributed by atoms with Crippen LogP contribution >= 0.6 is 11.6 Å². The van der Waals surface area contributed by atoms with Gasteiger partial charge >= 0.3 is 6.01 Å². The molecule has 20 heavy (non-hydrogen) atoms. The minimum Gasteiger partial charge on any atom is -0.407 e. The molecule has 4 nitrogen and oxygen atoms in total. The van der Waals surface area contributed by atoms with E-state index in [1.54, 1.807) is 0 Å². The van der Waals surface area contributed by atoms with Crippen LogP contribution in [0.1, 0.15) is 5.89 Å². The molecule has 1 heterocycles. The van der Waals surface area contributed by atoms with Crippen molar-refractivity contribution in [2.24, 2.45) is 0 Å². The molecule has 0 fully saturated rings. The molecule has 0 radical (unpaired) electrons. The molecule has 1 N–H and O–H groups in total. The summed E-state index contributed by atoms with van der Waals surface area (Å²) >= 11 is 5.65. The van der Waals surface area contributed by atoms with Crippen LogP contribution < -0.4 is 5.32 Å². The molecule has 0 saturated heterocycles. The van der Waals surface area contributed by atoms with Crippen molar-refractivity contribution in [3.05, 3.63) is 60.5 Å². The Kier molecular flexibility index (Phi) is 3.65. The first kappa shape index (κ1) is 12.7. The summed E-state index contributed by atoms with van der Waals surface area (Å²) in [6.45, 7) is 0. The van der Waals surface area contributed by atoms with Crippen molar-refractivity contribution in [2.45, 2.75) is 5.88 Å². The second-order valence-electron chi connectivity index (χ2n) is 4.17. The summed E-state index contributed by atoms with van der Waals surface area (Å²) in [5, 5.41) is 10.9. The molecule has 0 aliphatic rings. The molecular weight excluding hydrogens is 274 g/mol. The molecule has 5 heteroatoms. The lowest BCUT2D eigenvalue weighted by Crippen LogP contribution is -1.93. The van der Waals surface area contributed by atoms with Gasteiger partial charge in [0.1, 0.15) is 5.88 Å². The van der Waals surface area contributed by atoms with E-state index in [-0.39, 0.29) is 5.88 Å². The van der Waals surface area contributed by atoms with E-state index in [9.17, 15) is 0 Å². The van der Waals surface area contributed by atoms with Gasteiger partial charge in [-0.2, -0.15) is 0 Å². The summed E-state index contributed by atoms with van der Waals surface area (Å²) in [6, 6.07) is 18.4. The predicted molar refractivity (Wildman–Crippen MR) is 79.0 cm³/mol. The molecule has 1 aromatic heterocycles. The maximum Gasteiger partial charge on any atom is 0.320 e. The number of benzene rings is 2. The average molecular weight is 286 g/mol. The van der Waals surface area contributed by atoms with E-state index < -0.39 is 0 Å². The third-order valence-corrected chi connectivity index (χ3v) is 3.06. The Morgan fingerprint density at radius 3 is 2.45 bits per heavy atom. The lowest BCUT2D eigenvalue weighted by molar-refractivity contribution is 0.530. The molecule has 0 unspecified atom stereocenters. The zero-order chi connectivity index (χ0) is 13.8. The van der Waals surface area contributed by atoms with Crippen LogP contribution in [0.15, 0.2) is 59.0 Å². The number of hydrogen-bond acceptors (Lipinski definition) is 4. The van der Waals surface area contributed by atoms with Crippen LogP contribution in [0.25, 0.3) is 11.1 Å². The van der Waals surface area contributed by atoms with Crippen LogP contribution in [0, 0.1) is 0 Å². The zero-order valence-electron chi connectivity index (χ0n) is 10.6. The maximum absolute atomic E-state index is 5.65. The van der Waals surface area contributed by atoms with Crippen LogP contribution in [-0.2, 0) is 5.88 Å². The van der Waals surface area contributed by atoms with E-state index in [4.69, 9.17) is 16.0 Å². The molecule has 100 valence electrons. The van der Waals surface area contributed by atoms with Gasteiger partial charge in [0.25, 0.3) is 0 Å². The summed E-state index contributed by atoms with van der Waals surface area (Å²) in [5.74, 6) is 0.598. The van der Waals surface area contributed by atoms with E-state index >= 15 is 0 Å². The molecule has 0 spiro atoms. The normalized spacial score (nSPS) is 10.4. The number of anilines is 2. The fourth-order valence-corrected chi connectivity index (χ4v) is 2.04. The van der Waals surface area contributed by atoms with Gasteiger partial charge in [0, 0.05) is 5.56 Å². The van der Waals surface area contributed by atoms with Crippen molar-refractivity contribution in [3.63, 3.8) is 0 Å². The number of nitrogens with zero attached hydrogens (tertiary/aromatic N) is 2. The van der Waals surface area contributed by atoms with Crippen molar-refractivity contribution < 1.29 is 4.42 Å². The van der Waals surface area contributed by atoms with E-state index in [1.165, 1.54) is 0 Å². The largest absolute Gasteiger partial charge is 0.407 e. The number of para-hydroxylation sites is 1. The first-order valence-corrected chi connectivity index (χ1v) is 6.70. The fourth-order valence-electron chi connectivity index (χ4n) is 1.93. The third-order valence-electron chi connectivity index (χ3n) is 2.83. The summed E-state index contributed by atoms with van der Waals surface area (Å²) in [4.78, 5) is 0. The van der Waals surface area contributed by atoms with Crippen LogP contribution in [0.3, 0.4) is 0 Å². The van der Waals surface area contributed by atoms with E-state index in [0.717, 1.165) is 16.8 Å². The van der Waals surface area contributed by atoms with Gasteiger partial charge in [0.05, 0.1) is 5.69 Å². The molecule has 3 rings (SSSR count). The highest BCUT2D eigenvalue weighted by molar-refractivity contribution is 6.16. The molecular formula is C15H12ClN3O. The zero-order valence-corrected chi connectivity index (χ0v) is 11.3. The standard InChI is InChI=1S/C15H12ClN3O/c16-10-14-18-19-15(20-14)17-13-9-5-4-8-12(13)11-6-2-1-3-7-11/h1-9H,10H2,(H,17,19). The highest BCUT2D eigenvalue weighted by Gasteiger charge is 2.08. The van der Waals surface area contributed by atoms with Crippen molar-refractivity contribution >= 4 is 23.3 Å². The van der Waals surface area contributed by atoms with E-state index in [1.807, 2.05) is 42.5 Å². The first-order valence-electron chi connectivity index (χ1n) is 6.16. The summed E-state index contributed by atoms with van der Waals surface area (Å²) in [7, 11) is 0. The number of aromatic nitrogens is 2. The fraction of sp³-hybridized carbons (Fsp3) is 0.0667. The SMILES string of the molecule is ClCc1nnc(Nc2ccccc2-c2ccccc2)o1. The third kappa shape index (κ3) is 2.65. The van der Waals surface area contributed by atoms with Gasteiger partial charge in [-0.25, -0.2) is 0 Å². The number of hydrogen-bond donors (Lipinski definition) is 1. The predicted octanol–water partition coefficient (Wildman–Crippen LogP) is 4.22. The number of nitrogens with one attached hydrogen (secondary N) is 1. The van der Waals surface area contributed by atoms with Crippen molar-refractivity contribution in [2.75, 3.05) is 5.32 Å². The van der Waals surface area contributed by atoms with E-state index in [0.29, 0.717) is 11.9 Å². The highest BCUT2D eigenvalue weighted by Crippen LogP contribution is 2.29. The van der Waals surface area contributed by atoms with Gasteiger partial charge in [-0.3, -0.25) is 0 Å². The van der Waals surface area contributed by atoms with E-state index in [2.05, 4.69) is 27.6 Å². The van der Waals surface area contributed by atoms with Gasteiger partial charge in [-0.05, 0) is 11.6 Å². The average Bonchev–Trinajstić information content (AvgIpc) is 2.96. The van der Waals surface area contributed by atoms with Gasteiger partial charge in [0.15, 0.2) is 0 Å². The lowest BCUT2D eigenvalue weighted by atomic mass is 10.0. The molecule has 0 bridgehead atoms. The van der Waals surface area contributed by atoms with Gasteiger partial charge in [0.2, 0.25) is 5.89 Å². The topological polar surface area (TPSA) is 51.0 Å². The van der Waals surface area contributed by atoms with Crippen molar-refractivity contribution in [3.8, 4) is 11.1 Å². The number of rotatable bonds is 4. The quantitative estimate of drug-likeness (QED) is 0.729. The Bertz CT molecular complexity index is 697. The summed E-state index contributed by atoms with van der Waals surface area (Å²) < 4.78 is 5.36. The lowest BCUT2D eigenvalue weighted by Gasteiger charge is -2.09. The Morgan fingerprint density at radius 2 is 1.70 bits per heavy atom. The Labute approximate surface area is 121 Å². The van der Waals surface area contributed by atoms with Crippen molar-refractivity contribution in [1.82, 2.24) is 10.2 Å². The minimum atomic E-state index is 0.203. The minimum absolute atomic E-state index is 0.203. The Balaban J connectivity index is 1.94. The molecule has 2 aromatic carbocycles. The smallest absolute Gasteiger partial charge is 0.320 e. The highest BCUT2D eigenvalue weighted by atomic mass is 35.5. The van der Waals surface area contributed by atoms with Gasteiger partial charge < -0.3 is 9.73 Å². The monoisotopic (exact) mass is 285 g/mol. The van der Waals surface area contributed by atoms with Crippen LogP contribution in [-0.4, -0.2) is 10.2 Å². The summed E-state index contributed by atoms with van der Waals surface area (Å²) in [6.07, 6.45) is 0. The van der Waals surface area contributed by atoms with Crippen LogP contribution in [0.4, 0.5) is 11.7 Å². The van der Waals surface area contributed by atoms with Crippen molar-refractivity contribution in [1.29, 1.82) is 0 Å². The van der Waals surface area contributed by atoms with Gasteiger partial charge in [-0.1, -0.05) is 53.6 Å². The Morgan fingerprint density at radius 1 is 0.950 bits per heavy atom.